The average molecular weight is 388 g/mol. The highest BCUT2D eigenvalue weighted by molar-refractivity contribution is 6.30. The maximum absolute atomic E-state index is 13.0. The van der Waals surface area contributed by atoms with Gasteiger partial charge in [-0.2, -0.15) is 0 Å². The zero-order chi connectivity index (χ0) is 18.6. The van der Waals surface area contributed by atoms with Gasteiger partial charge >= 0.3 is 0 Å². The molecule has 5 nitrogen and oxygen atoms in total. The molecule has 1 saturated heterocycles. The molecule has 0 radical (unpaired) electrons. The summed E-state index contributed by atoms with van der Waals surface area (Å²) in [5, 5.41) is 0.731. The smallest absolute Gasteiger partial charge is 0.226 e. The van der Waals surface area contributed by atoms with E-state index in [1.54, 1.807) is 6.20 Å². The Hall–Kier alpha value is -1.85. The Morgan fingerprint density at radius 3 is 2.89 bits per heavy atom. The van der Waals surface area contributed by atoms with Crippen LogP contribution in [-0.4, -0.2) is 39.6 Å². The predicted octanol–water partition coefficient (Wildman–Crippen LogP) is 3.89. The summed E-state index contributed by atoms with van der Waals surface area (Å²) in [4.78, 5) is 19.5. The molecule has 1 aliphatic heterocycles. The molecule has 1 aliphatic carbocycles. The van der Waals surface area contributed by atoms with Gasteiger partial charge in [0.2, 0.25) is 5.91 Å². The number of hydrogen-bond acceptors (Lipinski definition) is 3. The van der Waals surface area contributed by atoms with E-state index >= 15 is 0 Å². The fourth-order valence-electron chi connectivity index (χ4n) is 3.82. The third-order valence-electron chi connectivity index (χ3n) is 5.59. The number of carbonyl (C=O) groups excluding carboxylic acids is 1. The van der Waals surface area contributed by atoms with Crippen LogP contribution in [0.3, 0.4) is 0 Å². The van der Waals surface area contributed by atoms with Crippen LogP contribution in [0.5, 0.6) is 0 Å². The fourth-order valence-corrected chi connectivity index (χ4v) is 4.03. The number of amides is 1. The summed E-state index contributed by atoms with van der Waals surface area (Å²) < 4.78 is 7.89. The largest absolute Gasteiger partial charge is 0.376 e. The van der Waals surface area contributed by atoms with Gasteiger partial charge in [-0.3, -0.25) is 4.79 Å². The molecule has 1 atom stereocenters. The van der Waals surface area contributed by atoms with Gasteiger partial charge in [-0.1, -0.05) is 30.2 Å². The van der Waals surface area contributed by atoms with Gasteiger partial charge in [0.1, 0.15) is 5.82 Å². The van der Waals surface area contributed by atoms with E-state index in [1.807, 2.05) is 29.3 Å². The van der Waals surface area contributed by atoms with E-state index in [4.69, 9.17) is 16.3 Å². The van der Waals surface area contributed by atoms with Crippen molar-refractivity contribution in [1.29, 1.82) is 0 Å². The lowest BCUT2D eigenvalue weighted by atomic mass is 9.84. The second kappa shape index (κ2) is 8.44. The van der Waals surface area contributed by atoms with E-state index in [1.165, 1.54) is 0 Å². The molecule has 4 rings (SSSR count). The lowest BCUT2D eigenvalue weighted by Gasteiger charge is -2.33. The third kappa shape index (κ3) is 4.53. The predicted molar refractivity (Wildman–Crippen MR) is 105 cm³/mol. The average Bonchev–Trinajstić information content (AvgIpc) is 3.25. The summed E-state index contributed by atoms with van der Waals surface area (Å²) in [5.74, 6) is 1.34. The minimum absolute atomic E-state index is 0.158. The van der Waals surface area contributed by atoms with E-state index < -0.39 is 0 Å². The summed E-state index contributed by atoms with van der Waals surface area (Å²) in [7, 11) is 0. The number of aromatic nitrogens is 2. The van der Waals surface area contributed by atoms with Gasteiger partial charge in [-0.25, -0.2) is 4.98 Å². The molecule has 27 heavy (non-hydrogen) atoms. The molecule has 144 valence electrons. The molecule has 0 spiro atoms. The van der Waals surface area contributed by atoms with E-state index in [-0.39, 0.29) is 17.9 Å². The molecule has 1 aromatic carbocycles. The third-order valence-corrected chi connectivity index (χ3v) is 5.83. The number of benzene rings is 1. The van der Waals surface area contributed by atoms with Crippen molar-refractivity contribution in [3.8, 4) is 0 Å². The van der Waals surface area contributed by atoms with E-state index in [0.29, 0.717) is 19.6 Å². The van der Waals surface area contributed by atoms with E-state index in [0.717, 1.165) is 55.1 Å². The van der Waals surface area contributed by atoms with Crippen molar-refractivity contribution in [3.05, 3.63) is 53.1 Å². The second-order valence-electron chi connectivity index (χ2n) is 7.58. The van der Waals surface area contributed by atoms with Crippen molar-refractivity contribution in [3.63, 3.8) is 0 Å². The Balaban J connectivity index is 1.48. The molecule has 1 aromatic heterocycles. The Kier molecular flexibility index (Phi) is 5.79. The molecule has 1 saturated carbocycles. The monoisotopic (exact) mass is 387 g/mol. The Labute approximate surface area is 165 Å². The highest BCUT2D eigenvalue weighted by Crippen LogP contribution is 2.29. The Morgan fingerprint density at radius 2 is 2.19 bits per heavy atom. The molecule has 0 N–H and O–H groups in total. The van der Waals surface area contributed by atoms with Crippen molar-refractivity contribution in [2.24, 2.45) is 5.92 Å². The van der Waals surface area contributed by atoms with Gasteiger partial charge < -0.3 is 14.2 Å². The highest BCUT2D eigenvalue weighted by atomic mass is 35.5. The van der Waals surface area contributed by atoms with Gasteiger partial charge in [-0.05, 0) is 43.4 Å². The van der Waals surface area contributed by atoms with Crippen LogP contribution in [0, 0.1) is 5.92 Å². The molecule has 2 fully saturated rings. The zero-order valence-corrected chi connectivity index (χ0v) is 16.3. The van der Waals surface area contributed by atoms with Gasteiger partial charge in [0.25, 0.3) is 0 Å². The quantitative estimate of drug-likeness (QED) is 0.724. The van der Waals surface area contributed by atoms with Crippen molar-refractivity contribution in [1.82, 2.24) is 14.5 Å². The van der Waals surface area contributed by atoms with Crippen LogP contribution in [0.4, 0.5) is 0 Å². The number of hydrogen-bond donors (Lipinski definition) is 0. The minimum Gasteiger partial charge on any atom is -0.376 e. The Morgan fingerprint density at radius 1 is 1.30 bits per heavy atom. The van der Waals surface area contributed by atoms with Crippen molar-refractivity contribution in [2.75, 3.05) is 13.2 Å². The second-order valence-corrected chi connectivity index (χ2v) is 8.02. The topological polar surface area (TPSA) is 47.4 Å². The maximum atomic E-state index is 13.0. The molecular formula is C21H26ClN3O2. The molecule has 2 aromatic rings. The number of carbonyl (C=O) groups is 1. The number of rotatable bonds is 7. The minimum atomic E-state index is 0.158. The molecule has 1 amide bonds. The van der Waals surface area contributed by atoms with Crippen LogP contribution in [-0.2, 0) is 22.6 Å². The van der Waals surface area contributed by atoms with Gasteiger partial charge in [0.15, 0.2) is 0 Å². The molecule has 0 bridgehead atoms. The highest BCUT2D eigenvalue weighted by Gasteiger charge is 2.32. The van der Waals surface area contributed by atoms with Crippen LogP contribution >= 0.6 is 11.6 Å². The standard InChI is InChI=1S/C21H26ClN3O2/c22-18-7-1-4-16(12-18)13-24-10-9-23-20(24)15-25(14-19-8-3-11-27-19)21(26)17-5-2-6-17/h1,4,7,9-10,12,17,19H,2-3,5-6,8,11,13-15H2/t19-/m1/s1. The fraction of sp³-hybridized carbons (Fsp3) is 0.524. The molecule has 2 aliphatic rings. The van der Waals surface area contributed by atoms with Gasteiger partial charge in [0.05, 0.1) is 12.6 Å². The summed E-state index contributed by atoms with van der Waals surface area (Å²) in [6, 6.07) is 7.85. The van der Waals surface area contributed by atoms with Crippen LogP contribution in [0.1, 0.15) is 43.5 Å². The molecule has 0 unspecified atom stereocenters. The Bertz CT molecular complexity index is 781. The van der Waals surface area contributed by atoms with E-state index in [9.17, 15) is 4.79 Å². The number of imidazole rings is 1. The van der Waals surface area contributed by atoms with Crippen LogP contribution in [0.25, 0.3) is 0 Å². The van der Waals surface area contributed by atoms with Crippen molar-refractivity contribution < 1.29 is 9.53 Å². The number of nitrogens with zero attached hydrogens (tertiary/aromatic N) is 3. The van der Waals surface area contributed by atoms with Gasteiger partial charge in [0, 0.05) is 43.0 Å². The number of ether oxygens (including phenoxy) is 1. The zero-order valence-electron chi connectivity index (χ0n) is 15.5. The normalized spacial score (nSPS) is 19.8. The number of halogens is 1. The van der Waals surface area contributed by atoms with Crippen molar-refractivity contribution >= 4 is 17.5 Å². The molecule has 2 heterocycles. The first-order chi connectivity index (χ1) is 13.2. The first-order valence-electron chi connectivity index (χ1n) is 9.84. The van der Waals surface area contributed by atoms with E-state index in [2.05, 4.69) is 15.6 Å². The first kappa shape index (κ1) is 18.5. The lowest BCUT2D eigenvalue weighted by Crippen LogP contribution is -2.42. The first-order valence-corrected chi connectivity index (χ1v) is 10.2. The summed E-state index contributed by atoms with van der Waals surface area (Å²) in [6.07, 6.45) is 9.23. The summed E-state index contributed by atoms with van der Waals surface area (Å²) in [6.45, 7) is 2.70. The summed E-state index contributed by atoms with van der Waals surface area (Å²) >= 11 is 6.11. The molecular weight excluding hydrogens is 362 g/mol. The lowest BCUT2D eigenvalue weighted by molar-refractivity contribution is -0.140. The van der Waals surface area contributed by atoms with Crippen LogP contribution in [0.2, 0.25) is 5.02 Å². The van der Waals surface area contributed by atoms with Crippen LogP contribution in [0.15, 0.2) is 36.7 Å². The van der Waals surface area contributed by atoms with Crippen LogP contribution < -0.4 is 0 Å². The molecule has 6 heteroatoms. The SMILES string of the molecule is O=C(C1CCC1)N(Cc1nccn1Cc1cccc(Cl)c1)C[C@H]1CCCO1. The summed E-state index contributed by atoms with van der Waals surface area (Å²) in [5.41, 5.74) is 1.12. The maximum Gasteiger partial charge on any atom is 0.226 e. The van der Waals surface area contributed by atoms with Gasteiger partial charge in [-0.15, -0.1) is 0 Å². The van der Waals surface area contributed by atoms with Crippen molar-refractivity contribution in [2.45, 2.75) is 51.3 Å².